The lowest BCUT2D eigenvalue weighted by Gasteiger charge is -2.25. The second-order valence-corrected chi connectivity index (χ2v) is 10.3. The molecule has 0 aliphatic carbocycles. The Morgan fingerprint density at radius 1 is 1.22 bits per heavy atom. The molecule has 4 aromatic heterocycles. The van der Waals surface area contributed by atoms with Gasteiger partial charge in [-0.25, -0.2) is 9.50 Å². The minimum absolute atomic E-state index is 0.0852. The van der Waals surface area contributed by atoms with E-state index in [0.717, 1.165) is 50.5 Å². The van der Waals surface area contributed by atoms with Gasteiger partial charge < -0.3 is 14.8 Å². The fourth-order valence-corrected chi connectivity index (χ4v) is 5.42. The van der Waals surface area contributed by atoms with Crippen molar-refractivity contribution in [3.05, 3.63) is 40.7 Å². The molecule has 32 heavy (non-hydrogen) atoms. The molecule has 0 aliphatic rings. The predicted molar refractivity (Wildman–Crippen MR) is 132 cm³/mol. The first kappa shape index (κ1) is 22.5. The number of amides is 1. The van der Waals surface area contributed by atoms with Crippen molar-refractivity contribution in [3.63, 3.8) is 0 Å². The van der Waals surface area contributed by atoms with Crippen LogP contribution in [-0.2, 0) is 0 Å². The Balaban J connectivity index is 1.70. The largest absolute Gasteiger partial charge is 0.354 e. The summed E-state index contributed by atoms with van der Waals surface area (Å²) in [7, 11) is 6.02. The van der Waals surface area contributed by atoms with Gasteiger partial charge in [0.05, 0.1) is 20.8 Å². The summed E-state index contributed by atoms with van der Waals surface area (Å²) in [5, 5.41) is 4.32. The number of fused-ring (bicyclic) bond motifs is 2. The number of carbonyl (C=O) groups excluding carboxylic acids is 1. The topological polar surface area (TPSA) is 69.5 Å². The number of nitrogens with one attached hydrogen (secondary N) is 1. The van der Waals surface area contributed by atoms with Crippen LogP contribution in [0.1, 0.15) is 53.9 Å². The molecular weight excluding hydrogens is 420 g/mol. The molecule has 0 fully saturated rings. The number of thiophene rings is 1. The predicted octanol–water partition coefficient (Wildman–Crippen LogP) is 4.78. The minimum atomic E-state index is 0.0852. The van der Waals surface area contributed by atoms with Crippen molar-refractivity contribution in [3.8, 4) is 11.3 Å². The van der Waals surface area contributed by atoms with Crippen LogP contribution in [0.3, 0.4) is 0 Å². The Bertz CT molecular complexity index is 1260. The number of pyridine rings is 1. The SMILES string of the molecule is Cc1cc(-c2[nH]c3cc(C(=O)N(C)C(C)CCN(C)C)sc3c2C(C)C)cn2ncnc12. The van der Waals surface area contributed by atoms with E-state index in [-0.39, 0.29) is 11.9 Å². The average molecular weight is 453 g/mol. The fraction of sp³-hybridized carbons (Fsp3) is 0.458. The first-order valence-electron chi connectivity index (χ1n) is 11.0. The third-order valence-electron chi connectivity index (χ3n) is 6.12. The molecule has 0 bridgehead atoms. The zero-order valence-corrected chi connectivity index (χ0v) is 20.7. The molecule has 1 atom stereocenters. The van der Waals surface area contributed by atoms with E-state index in [2.05, 4.69) is 67.8 Å². The zero-order valence-electron chi connectivity index (χ0n) is 19.9. The average Bonchev–Trinajstić information content (AvgIpc) is 3.44. The summed E-state index contributed by atoms with van der Waals surface area (Å²) in [5.74, 6) is 0.394. The second kappa shape index (κ2) is 8.67. The summed E-state index contributed by atoms with van der Waals surface area (Å²) in [6, 6.07) is 4.34. The van der Waals surface area contributed by atoms with E-state index in [1.54, 1.807) is 17.7 Å². The van der Waals surface area contributed by atoms with E-state index in [0.29, 0.717) is 5.92 Å². The highest BCUT2D eigenvalue weighted by Crippen LogP contribution is 2.40. The molecule has 4 rings (SSSR count). The summed E-state index contributed by atoms with van der Waals surface area (Å²) in [5.41, 5.74) is 6.38. The van der Waals surface area contributed by atoms with E-state index in [4.69, 9.17) is 0 Å². The first-order chi connectivity index (χ1) is 15.2. The lowest BCUT2D eigenvalue weighted by Crippen LogP contribution is -2.36. The van der Waals surface area contributed by atoms with Crippen molar-refractivity contribution in [2.75, 3.05) is 27.7 Å². The maximum atomic E-state index is 13.2. The molecule has 0 saturated heterocycles. The number of carbonyl (C=O) groups is 1. The van der Waals surface area contributed by atoms with Crippen LogP contribution in [0.15, 0.2) is 24.7 Å². The smallest absolute Gasteiger partial charge is 0.264 e. The lowest BCUT2D eigenvalue weighted by atomic mass is 9.99. The van der Waals surface area contributed by atoms with Gasteiger partial charge in [-0.3, -0.25) is 4.79 Å². The van der Waals surface area contributed by atoms with Crippen LogP contribution in [0.5, 0.6) is 0 Å². The number of hydrogen-bond acceptors (Lipinski definition) is 5. The van der Waals surface area contributed by atoms with E-state index in [9.17, 15) is 4.79 Å². The number of aromatic amines is 1. The van der Waals surface area contributed by atoms with Gasteiger partial charge in [-0.05, 0) is 70.1 Å². The van der Waals surface area contributed by atoms with Crippen molar-refractivity contribution in [2.45, 2.75) is 46.1 Å². The van der Waals surface area contributed by atoms with E-state index in [1.807, 2.05) is 28.7 Å². The summed E-state index contributed by atoms with van der Waals surface area (Å²) in [6.45, 7) is 9.52. The molecule has 0 saturated carbocycles. The normalized spacial score (nSPS) is 13.0. The number of rotatable bonds is 7. The molecule has 0 spiro atoms. The third kappa shape index (κ3) is 4.04. The van der Waals surface area contributed by atoms with Crippen LogP contribution >= 0.6 is 11.3 Å². The molecular formula is C24H32N6OS. The van der Waals surface area contributed by atoms with Gasteiger partial charge in [-0.15, -0.1) is 11.3 Å². The highest BCUT2D eigenvalue weighted by molar-refractivity contribution is 7.21. The number of aryl methyl sites for hydroxylation is 1. The van der Waals surface area contributed by atoms with E-state index in [1.165, 1.54) is 5.56 Å². The minimum Gasteiger partial charge on any atom is -0.354 e. The van der Waals surface area contributed by atoms with Gasteiger partial charge in [0, 0.05) is 24.8 Å². The third-order valence-corrected chi connectivity index (χ3v) is 7.27. The monoisotopic (exact) mass is 452 g/mol. The molecule has 7 nitrogen and oxygen atoms in total. The standard InChI is InChI=1S/C24H32N6OS/c1-14(2)20-21(17-10-15(3)23-25-13-26-30(23)12-17)27-18-11-19(32-22(18)20)24(31)29(7)16(4)8-9-28(5)6/h10-14,16,27H,8-9H2,1-7H3. The van der Waals surface area contributed by atoms with Crippen molar-refractivity contribution >= 4 is 33.1 Å². The molecule has 0 aromatic carbocycles. The first-order valence-corrected chi connectivity index (χ1v) is 11.9. The van der Waals surface area contributed by atoms with E-state index < -0.39 is 0 Å². The van der Waals surface area contributed by atoms with Gasteiger partial charge >= 0.3 is 0 Å². The Hall–Kier alpha value is -2.71. The van der Waals surface area contributed by atoms with Crippen LogP contribution in [0.2, 0.25) is 0 Å². The molecule has 4 aromatic rings. The molecule has 1 unspecified atom stereocenters. The Morgan fingerprint density at radius 3 is 2.66 bits per heavy atom. The van der Waals surface area contributed by atoms with Gasteiger partial charge in [0.15, 0.2) is 5.65 Å². The van der Waals surface area contributed by atoms with Gasteiger partial charge in [-0.1, -0.05) is 13.8 Å². The maximum absolute atomic E-state index is 13.2. The van der Waals surface area contributed by atoms with Crippen LogP contribution in [0.4, 0.5) is 0 Å². The summed E-state index contributed by atoms with van der Waals surface area (Å²) in [4.78, 5) is 25.9. The van der Waals surface area contributed by atoms with Crippen LogP contribution in [0.25, 0.3) is 27.1 Å². The zero-order chi connectivity index (χ0) is 23.2. The van der Waals surface area contributed by atoms with Crippen molar-refractivity contribution in [1.82, 2.24) is 29.4 Å². The van der Waals surface area contributed by atoms with Gasteiger partial charge in [0.1, 0.15) is 6.33 Å². The molecule has 170 valence electrons. The number of aromatic nitrogens is 4. The Morgan fingerprint density at radius 2 is 1.97 bits per heavy atom. The number of H-pyrrole nitrogens is 1. The summed E-state index contributed by atoms with van der Waals surface area (Å²) in [6.07, 6.45) is 4.55. The van der Waals surface area contributed by atoms with E-state index >= 15 is 0 Å². The summed E-state index contributed by atoms with van der Waals surface area (Å²) < 4.78 is 2.98. The Kier molecular flexibility index (Phi) is 6.09. The Labute approximate surface area is 193 Å². The molecule has 1 N–H and O–H groups in total. The second-order valence-electron chi connectivity index (χ2n) is 9.22. The number of hydrogen-bond donors (Lipinski definition) is 1. The van der Waals surface area contributed by atoms with Crippen LogP contribution in [0, 0.1) is 6.92 Å². The van der Waals surface area contributed by atoms with Crippen LogP contribution in [-0.4, -0.2) is 69.0 Å². The number of nitrogens with zero attached hydrogens (tertiary/aromatic N) is 5. The highest BCUT2D eigenvalue weighted by atomic mass is 32.1. The molecule has 4 heterocycles. The van der Waals surface area contributed by atoms with Crippen molar-refractivity contribution in [1.29, 1.82) is 0 Å². The van der Waals surface area contributed by atoms with Gasteiger partial charge in [0.25, 0.3) is 5.91 Å². The van der Waals surface area contributed by atoms with Gasteiger partial charge in [0.2, 0.25) is 0 Å². The fourth-order valence-electron chi connectivity index (χ4n) is 4.13. The van der Waals surface area contributed by atoms with Gasteiger partial charge in [-0.2, -0.15) is 5.10 Å². The quantitative estimate of drug-likeness (QED) is 0.438. The molecule has 0 aliphatic heterocycles. The molecule has 0 radical (unpaired) electrons. The highest BCUT2D eigenvalue weighted by Gasteiger charge is 2.24. The molecule has 1 amide bonds. The lowest BCUT2D eigenvalue weighted by molar-refractivity contribution is 0.0736. The van der Waals surface area contributed by atoms with Crippen molar-refractivity contribution < 1.29 is 4.79 Å². The van der Waals surface area contributed by atoms with Crippen LogP contribution < -0.4 is 0 Å². The van der Waals surface area contributed by atoms with Crippen molar-refractivity contribution in [2.24, 2.45) is 0 Å². The summed E-state index contributed by atoms with van der Waals surface area (Å²) >= 11 is 1.59. The maximum Gasteiger partial charge on any atom is 0.264 e. The molecule has 8 heteroatoms.